The number of nitrogens with zero attached hydrogens (tertiary/aromatic N) is 4. The van der Waals surface area contributed by atoms with Gasteiger partial charge in [0.15, 0.2) is 5.69 Å². The molecule has 0 fully saturated rings. The van der Waals surface area contributed by atoms with Crippen LogP contribution in [0.5, 0.6) is 0 Å². The van der Waals surface area contributed by atoms with Gasteiger partial charge in [0, 0.05) is 27.0 Å². The van der Waals surface area contributed by atoms with Crippen molar-refractivity contribution in [3.63, 3.8) is 0 Å². The number of benzene rings is 3. The Kier molecular flexibility index (Phi) is 7.56. The van der Waals surface area contributed by atoms with Gasteiger partial charge in [-0.15, -0.1) is 10.2 Å². The molecular weight excluding hydrogens is 559 g/mol. The summed E-state index contributed by atoms with van der Waals surface area (Å²) >= 11 is 16.3. The first-order valence-corrected chi connectivity index (χ1v) is 13.3. The highest BCUT2D eigenvalue weighted by molar-refractivity contribution is 9.10. The molecule has 0 N–H and O–H groups in total. The van der Waals surface area contributed by atoms with Crippen molar-refractivity contribution in [1.29, 1.82) is 0 Å². The SMILES string of the molecule is CCc1c(-c2nnc(CCCc3ccccc3)o2)nn(-c2ccc(Cl)cc2Cl)c1-c1ccc(Br)cc1. The van der Waals surface area contributed by atoms with Gasteiger partial charge in [-0.05, 0) is 55.2 Å². The predicted molar refractivity (Wildman–Crippen MR) is 148 cm³/mol. The maximum absolute atomic E-state index is 6.61. The van der Waals surface area contributed by atoms with Crippen LogP contribution in [0.1, 0.15) is 30.4 Å². The van der Waals surface area contributed by atoms with Gasteiger partial charge in [-0.3, -0.25) is 0 Å². The molecule has 5 rings (SSSR count). The molecule has 0 amide bonds. The smallest absolute Gasteiger partial charge is 0.268 e. The topological polar surface area (TPSA) is 56.7 Å². The third-order valence-electron chi connectivity index (χ3n) is 5.96. The summed E-state index contributed by atoms with van der Waals surface area (Å²) in [5.41, 5.74) is 5.60. The lowest BCUT2D eigenvalue weighted by molar-refractivity contribution is 0.495. The molecule has 0 atom stereocenters. The van der Waals surface area contributed by atoms with E-state index in [4.69, 9.17) is 32.7 Å². The van der Waals surface area contributed by atoms with Gasteiger partial charge in [-0.2, -0.15) is 5.10 Å². The van der Waals surface area contributed by atoms with Crippen LogP contribution in [-0.2, 0) is 19.3 Å². The van der Waals surface area contributed by atoms with Crippen LogP contribution < -0.4 is 0 Å². The van der Waals surface area contributed by atoms with E-state index in [1.807, 2.05) is 41.1 Å². The van der Waals surface area contributed by atoms with Crippen molar-refractivity contribution < 1.29 is 4.42 Å². The van der Waals surface area contributed by atoms with Crippen LogP contribution in [0.2, 0.25) is 10.0 Å². The maximum atomic E-state index is 6.61. The average Bonchev–Trinajstić information content (AvgIpc) is 3.50. The summed E-state index contributed by atoms with van der Waals surface area (Å²) in [6.07, 6.45) is 3.30. The van der Waals surface area contributed by atoms with Gasteiger partial charge in [-0.1, -0.05) is 88.5 Å². The largest absolute Gasteiger partial charge is 0.419 e. The molecule has 0 radical (unpaired) electrons. The van der Waals surface area contributed by atoms with Crippen molar-refractivity contribution in [1.82, 2.24) is 20.0 Å². The van der Waals surface area contributed by atoms with Crippen molar-refractivity contribution in [3.05, 3.63) is 104 Å². The van der Waals surface area contributed by atoms with Gasteiger partial charge in [0.1, 0.15) is 0 Å². The van der Waals surface area contributed by atoms with E-state index in [-0.39, 0.29) is 0 Å². The molecule has 0 bridgehead atoms. The van der Waals surface area contributed by atoms with Crippen molar-refractivity contribution in [2.45, 2.75) is 32.6 Å². The number of aryl methyl sites for hydroxylation is 2. The van der Waals surface area contributed by atoms with Crippen LogP contribution in [0.25, 0.3) is 28.5 Å². The normalized spacial score (nSPS) is 11.2. The third-order valence-corrected chi connectivity index (χ3v) is 7.03. The minimum Gasteiger partial charge on any atom is -0.419 e. The standard InChI is InChI=1S/C28H23BrCl2N4O/c1-2-22-26(28-33-32-25(36-28)10-6-9-18-7-4-3-5-8-18)34-35(24-16-15-21(30)17-23(24)31)27(22)19-11-13-20(29)14-12-19/h3-5,7-8,11-17H,2,6,9-10H2,1H3. The molecule has 0 unspecified atom stereocenters. The molecule has 5 nitrogen and oxygen atoms in total. The second-order valence-corrected chi connectivity index (χ2v) is 10.1. The number of hydrogen-bond acceptors (Lipinski definition) is 4. The number of aromatic nitrogens is 4. The molecule has 0 aliphatic carbocycles. The Bertz CT molecular complexity index is 1480. The first-order valence-electron chi connectivity index (χ1n) is 11.7. The lowest BCUT2D eigenvalue weighted by Gasteiger charge is -2.11. The third kappa shape index (κ3) is 5.26. The van der Waals surface area contributed by atoms with Crippen LogP contribution in [0.3, 0.4) is 0 Å². The van der Waals surface area contributed by atoms with Crippen molar-refractivity contribution in [2.75, 3.05) is 0 Å². The zero-order chi connectivity index (χ0) is 25.1. The Morgan fingerprint density at radius 1 is 0.917 bits per heavy atom. The number of halogens is 3. The van der Waals surface area contributed by atoms with E-state index in [1.54, 1.807) is 12.1 Å². The summed E-state index contributed by atoms with van der Waals surface area (Å²) in [4.78, 5) is 0. The fourth-order valence-corrected chi connectivity index (χ4v) is 4.98. The van der Waals surface area contributed by atoms with Gasteiger partial charge in [-0.25, -0.2) is 4.68 Å². The molecule has 2 aromatic heterocycles. The van der Waals surface area contributed by atoms with Crippen molar-refractivity contribution in [3.8, 4) is 28.5 Å². The fourth-order valence-electron chi connectivity index (χ4n) is 4.23. The first-order chi connectivity index (χ1) is 17.5. The Hall–Kier alpha value is -2.93. The van der Waals surface area contributed by atoms with E-state index in [0.29, 0.717) is 33.9 Å². The Labute approximate surface area is 228 Å². The highest BCUT2D eigenvalue weighted by atomic mass is 79.9. The number of rotatable bonds is 8. The monoisotopic (exact) mass is 580 g/mol. The van der Waals surface area contributed by atoms with Crippen molar-refractivity contribution in [2.24, 2.45) is 0 Å². The summed E-state index contributed by atoms with van der Waals surface area (Å²) in [5.74, 6) is 1.01. The highest BCUT2D eigenvalue weighted by Crippen LogP contribution is 2.37. The van der Waals surface area contributed by atoms with Crippen LogP contribution in [0.15, 0.2) is 81.7 Å². The Morgan fingerprint density at radius 3 is 2.42 bits per heavy atom. The Balaban J connectivity index is 1.53. The van der Waals surface area contributed by atoms with Gasteiger partial charge < -0.3 is 4.42 Å². The summed E-state index contributed by atoms with van der Waals surface area (Å²) in [7, 11) is 0. The van der Waals surface area contributed by atoms with Crippen LogP contribution in [-0.4, -0.2) is 20.0 Å². The average molecular weight is 582 g/mol. The van der Waals surface area contributed by atoms with E-state index < -0.39 is 0 Å². The molecular formula is C28H23BrCl2N4O. The van der Waals surface area contributed by atoms with Crippen LogP contribution >= 0.6 is 39.1 Å². The van der Waals surface area contributed by atoms with E-state index >= 15 is 0 Å². The summed E-state index contributed by atoms with van der Waals surface area (Å²) < 4.78 is 8.94. The van der Waals surface area contributed by atoms with Gasteiger partial charge >= 0.3 is 0 Å². The first kappa shape index (κ1) is 24.8. The lowest BCUT2D eigenvalue weighted by Crippen LogP contribution is -2.01. The lowest BCUT2D eigenvalue weighted by atomic mass is 10.0. The minimum absolute atomic E-state index is 0.406. The van der Waals surface area contributed by atoms with Crippen molar-refractivity contribution >= 4 is 39.1 Å². The van der Waals surface area contributed by atoms with Gasteiger partial charge in [0.25, 0.3) is 5.89 Å². The summed E-state index contributed by atoms with van der Waals surface area (Å²) in [6, 6.07) is 23.9. The van der Waals surface area contributed by atoms with Gasteiger partial charge in [0.05, 0.1) is 16.4 Å². The van der Waals surface area contributed by atoms with E-state index in [1.165, 1.54) is 5.56 Å². The minimum atomic E-state index is 0.406. The molecule has 0 saturated carbocycles. The summed E-state index contributed by atoms with van der Waals surface area (Å²) in [6.45, 7) is 2.09. The number of hydrogen-bond donors (Lipinski definition) is 0. The maximum Gasteiger partial charge on any atom is 0.268 e. The molecule has 0 saturated heterocycles. The molecule has 5 aromatic rings. The second kappa shape index (κ2) is 11.0. The summed E-state index contributed by atoms with van der Waals surface area (Å²) in [5, 5.41) is 14.7. The molecule has 36 heavy (non-hydrogen) atoms. The molecule has 8 heteroatoms. The van der Waals surface area contributed by atoms with Gasteiger partial charge in [0.2, 0.25) is 5.89 Å². The zero-order valence-corrected chi connectivity index (χ0v) is 22.7. The molecule has 182 valence electrons. The molecule has 0 aliphatic heterocycles. The quantitative estimate of drug-likeness (QED) is 0.184. The van der Waals surface area contributed by atoms with E-state index in [9.17, 15) is 0 Å². The van der Waals surface area contributed by atoms with E-state index in [0.717, 1.165) is 46.2 Å². The Morgan fingerprint density at radius 2 is 1.69 bits per heavy atom. The van der Waals surface area contributed by atoms with Crippen LogP contribution in [0.4, 0.5) is 0 Å². The molecule has 0 spiro atoms. The molecule has 3 aromatic carbocycles. The van der Waals surface area contributed by atoms with Crippen LogP contribution in [0, 0.1) is 0 Å². The molecule has 2 heterocycles. The highest BCUT2D eigenvalue weighted by Gasteiger charge is 2.25. The molecule has 0 aliphatic rings. The predicted octanol–water partition coefficient (Wildman–Crippen LogP) is 8.40. The fraction of sp³-hybridized carbons (Fsp3) is 0.179. The van der Waals surface area contributed by atoms with E-state index in [2.05, 4.69) is 57.3 Å². The zero-order valence-electron chi connectivity index (χ0n) is 19.6. The second-order valence-electron chi connectivity index (χ2n) is 8.38.